The van der Waals surface area contributed by atoms with Crippen molar-refractivity contribution in [1.82, 2.24) is 9.97 Å². The van der Waals surface area contributed by atoms with Crippen LogP contribution in [-0.4, -0.2) is 55.0 Å². The molecule has 1 aliphatic heterocycles. The fourth-order valence-electron chi connectivity index (χ4n) is 2.90. The molecular weight excluding hydrogens is 286 g/mol. The summed E-state index contributed by atoms with van der Waals surface area (Å²) in [5, 5.41) is 9.68. The van der Waals surface area contributed by atoms with Gasteiger partial charge in [-0.1, -0.05) is 0 Å². The zero-order chi connectivity index (χ0) is 16.0. The maximum atomic E-state index is 11.8. The fourth-order valence-corrected chi connectivity index (χ4v) is 2.90. The summed E-state index contributed by atoms with van der Waals surface area (Å²) in [7, 11) is 3.21. The van der Waals surface area contributed by atoms with Crippen LogP contribution in [-0.2, 0) is 20.9 Å². The van der Waals surface area contributed by atoms with E-state index in [1.165, 1.54) is 6.33 Å². The first-order chi connectivity index (χ1) is 10.6. The van der Waals surface area contributed by atoms with Crippen molar-refractivity contribution in [1.29, 1.82) is 0 Å². The van der Waals surface area contributed by atoms with Gasteiger partial charge in [0, 0.05) is 40.0 Å². The van der Waals surface area contributed by atoms with Crippen LogP contribution in [0.1, 0.15) is 25.0 Å². The molecule has 7 heteroatoms. The van der Waals surface area contributed by atoms with Crippen molar-refractivity contribution in [3.8, 4) is 0 Å². The summed E-state index contributed by atoms with van der Waals surface area (Å²) in [4.78, 5) is 22.2. The van der Waals surface area contributed by atoms with Crippen molar-refractivity contribution in [3.05, 3.63) is 18.1 Å². The summed E-state index contributed by atoms with van der Waals surface area (Å²) in [6.45, 7) is 2.09. The van der Waals surface area contributed by atoms with Gasteiger partial charge >= 0.3 is 5.97 Å². The van der Waals surface area contributed by atoms with E-state index >= 15 is 0 Å². The van der Waals surface area contributed by atoms with E-state index in [0.717, 1.165) is 24.5 Å². The maximum Gasteiger partial charge on any atom is 0.311 e. The van der Waals surface area contributed by atoms with Crippen molar-refractivity contribution in [3.63, 3.8) is 0 Å². The number of aliphatic carboxylic acids is 1. The second kappa shape index (κ2) is 7.51. The third kappa shape index (κ3) is 3.72. The number of hydrogen-bond donors (Lipinski definition) is 1. The Kier molecular flexibility index (Phi) is 5.68. The van der Waals surface area contributed by atoms with Gasteiger partial charge in [0.1, 0.15) is 12.1 Å². The molecule has 2 heterocycles. The quantitative estimate of drug-likeness (QED) is 0.813. The number of rotatable bonds is 7. The lowest BCUT2D eigenvalue weighted by molar-refractivity contribution is -0.150. The topological polar surface area (TPSA) is 84.8 Å². The molecule has 1 aromatic rings. The fraction of sp³-hybridized carbons (Fsp3) is 0.667. The minimum absolute atomic E-state index is 0.414. The van der Waals surface area contributed by atoms with Crippen LogP contribution in [0.25, 0.3) is 0 Å². The highest BCUT2D eigenvalue weighted by Crippen LogP contribution is 2.35. The molecule has 1 fully saturated rings. The van der Waals surface area contributed by atoms with Gasteiger partial charge in [-0.05, 0) is 19.3 Å². The highest BCUT2D eigenvalue weighted by molar-refractivity contribution is 5.76. The normalized spacial score (nSPS) is 21.8. The standard InChI is InChI=1S/C15H23N3O4/c1-21-7-5-15(14(19)20)4-3-6-18(10-15)13-8-12(9-22-2)16-11-17-13/h8,11H,3-7,9-10H2,1-2H3,(H,19,20). The van der Waals surface area contributed by atoms with E-state index in [4.69, 9.17) is 9.47 Å². The van der Waals surface area contributed by atoms with E-state index in [0.29, 0.717) is 32.6 Å². The maximum absolute atomic E-state index is 11.8. The average Bonchev–Trinajstić information content (AvgIpc) is 2.53. The number of hydrogen-bond acceptors (Lipinski definition) is 6. The Hall–Kier alpha value is -1.73. The Morgan fingerprint density at radius 1 is 1.41 bits per heavy atom. The van der Waals surface area contributed by atoms with Crippen LogP contribution in [0.2, 0.25) is 0 Å². The van der Waals surface area contributed by atoms with E-state index in [-0.39, 0.29) is 0 Å². The monoisotopic (exact) mass is 309 g/mol. The van der Waals surface area contributed by atoms with Gasteiger partial charge < -0.3 is 19.5 Å². The molecule has 1 aliphatic rings. The average molecular weight is 309 g/mol. The van der Waals surface area contributed by atoms with Crippen LogP contribution in [0.15, 0.2) is 12.4 Å². The molecule has 0 bridgehead atoms. The van der Waals surface area contributed by atoms with Gasteiger partial charge in [0.25, 0.3) is 0 Å². The summed E-state index contributed by atoms with van der Waals surface area (Å²) < 4.78 is 10.2. The molecule has 1 aromatic heterocycles. The van der Waals surface area contributed by atoms with Crippen molar-refractivity contribution >= 4 is 11.8 Å². The van der Waals surface area contributed by atoms with Gasteiger partial charge in [-0.25, -0.2) is 9.97 Å². The lowest BCUT2D eigenvalue weighted by atomic mass is 9.77. The van der Waals surface area contributed by atoms with Crippen LogP contribution in [0.3, 0.4) is 0 Å². The zero-order valence-corrected chi connectivity index (χ0v) is 13.1. The Labute approximate surface area is 130 Å². The Morgan fingerprint density at radius 3 is 2.91 bits per heavy atom. The molecule has 1 unspecified atom stereocenters. The number of carboxylic acids is 1. The second-order valence-electron chi connectivity index (χ2n) is 5.65. The summed E-state index contributed by atoms with van der Waals surface area (Å²) in [6.07, 6.45) is 3.49. The summed E-state index contributed by atoms with van der Waals surface area (Å²) >= 11 is 0. The molecule has 122 valence electrons. The number of anilines is 1. The van der Waals surface area contributed by atoms with E-state index in [1.54, 1.807) is 14.2 Å². The Morgan fingerprint density at radius 2 is 2.23 bits per heavy atom. The molecular formula is C15H23N3O4. The second-order valence-corrected chi connectivity index (χ2v) is 5.65. The van der Waals surface area contributed by atoms with Crippen molar-refractivity contribution in [2.75, 3.05) is 38.8 Å². The number of carbonyl (C=O) groups is 1. The largest absolute Gasteiger partial charge is 0.481 e. The highest BCUT2D eigenvalue weighted by atomic mass is 16.5. The molecule has 0 amide bonds. The van der Waals surface area contributed by atoms with Crippen LogP contribution in [0.5, 0.6) is 0 Å². The minimum atomic E-state index is -0.777. The first-order valence-corrected chi connectivity index (χ1v) is 7.38. The summed E-state index contributed by atoms with van der Waals surface area (Å²) in [5.74, 6) is -0.00906. The molecule has 1 N–H and O–H groups in total. The van der Waals surface area contributed by atoms with Crippen LogP contribution in [0.4, 0.5) is 5.82 Å². The molecule has 0 aliphatic carbocycles. The van der Waals surface area contributed by atoms with E-state index < -0.39 is 11.4 Å². The minimum Gasteiger partial charge on any atom is -0.481 e. The number of piperidine rings is 1. The number of carboxylic acid groups (broad SMARTS) is 1. The predicted octanol–water partition coefficient (Wildman–Crippen LogP) is 1.33. The first kappa shape index (κ1) is 16.6. The number of ether oxygens (including phenoxy) is 2. The van der Waals surface area contributed by atoms with Crippen molar-refractivity contribution in [2.45, 2.75) is 25.9 Å². The number of aromatic nitrogens is 2. The molecule has 0 spiro atoms. The highest BCUT2D eigenvalue weighted by Gasteiger charge is 2.42. The van der Waals surface area contributed by atoms with Crippen LogP contribution in [0, 0.1) is 5.41 Å². The van der Waals surface area contributed by atoms with Gasteiger partial charge in [0.15, 0.2) is 0 Å². The van der Waals surface area contributed by atoms with E-state index in [1.807, 2.05) is 11.0 Å². The number of methoxy groups -OCH3 is 2. The molecule has 2 rings (SSSR count). The van der Waals surface area contributed by atoms with Gasteiger partial charge in [-0.15, -0.1) is 0 Å². The molecule has 0 saturated carbocycles. The molecule has 7 nitrogen and oxygen atoms in total. The summed E-state index contributed by atoms with van der Waals surface area (Å²) in [6, 6.07) is 1.86. The molecule has 1 saturated heterocycles. The summed E-state index contributed by atoms with van der Waals surface area (Å²) in [5.41, 5.74) is 0.0107. The van der Waals surface area contributed by atoms with Crippen molar-refractivity contribution in [2.24, 2.45) is 5.41 Å². The lowest BCUT2D eigenvalue weighted by Gasteiger charge is -2.40. The van der Waals surface area contributed by atoms with E-state index in [9.17, 15) is 9.90 Å². The molecule has 0 radical (unpaired) electrons. The number of nitrogens with zero attached hydrogens (tertiary/aromatic N) is 3. The Bertz CT molecular complexity index is 511. The van der Waals surface area contributed by atoms with Gasteiger partial charge in [0.2, 0.25) is 0 Å². The SMILES string of the molecule is COCCC1(C(=O)O)CCCN(c2cc(COC)ncn2)C1. The Balaban J connectivity index is 2.18. The van der Waals surface area contributed by atoms with Crippen LogP contribution >= 0.6 is 0 Å². The van der Waals surface area contributed by atoms with Crippen LogP contribution < -0.4 is 4.90 Å². The van der Waals surface area contributed by atoms with Gasteiger partial charge in [-0.3, -0.25) is 4.79 Å². The van der Waals surface area contributed by atoms with E-state index in [2.05, 4.69) is 9.97 Å². The molecule has 1 atom stereocenters. The van der Waals surface area contributed by atoms with Gasteiger partial charge in [0.05, 0.1) is 17.7 Å². The smallest absolute Gasteiger partial charge is 0.311 e. The molecule has 22 heavy (non-hydrogen) atoms. The van der Waals surface area contributed by atoms with Gasteiger partial charge in [-0.2, -0.15) is 0 Å². The third-order valence-electron chi connectivity index (χ3n) is 4.14. The lowest BCUT2D eigenvalue weighted by Crippen LogP contribution is -2.48. The predicted molar refractivity (Wildman–Crippen MR) is 80.8 cm³/mol. The van der Waals surface area contributed by atoms with Crippen molar-refractivity contribution < 1.29 is 19.4 Å². The third-order valence-corrected chi connectivity index (χ3v) is 4.14. The zero-order valence-electron chi connectivity index (χ0n) is 13.1. The first-order valence-electron chi connectivity index (χ1n) is 7.38. The molecule has 0 aromatic carbocycles.